The average Bonchev–Trinajstić information content (AvgIpc) is 4.19. The van der Waals surface area contributed by atoms with E-state index >= 15 is 0 Å². The molecule has 0 saturated heterocycles. The minimum Gasteiger partial charge on any atom is -0.480 e. The highest BCUT2D eigenvalue weighted by Gasteiger charge is 2.35. The lowest BCUT2D eigenvalue weighted by Crippen LogP contribution is -2.61. The summed E-state index contributed by atoms with van der Waals surface area (Å²) in [6.45, 7) is 0.422. The SMILES string of the molecule is NCCCC[C@H](N)C(=O)N[C@@H](Cc1cnc[nH]1)C(=O)N[C@@H](Cc1cnc[nH]1)C(=O)N[C@@H](Cc1cnc[nH]1)C(=O)N[C@@H](Cc1cnc[nH]1)C(=O)N[C@@H](Cc1cnc[nH]1)C(=O)N[C@@H](Cc1cnc[nH]1)C(=O)O. The van der Waals surface area contributed by atoms with E-state index in [2.05, 4.69) is 91.7 Å². The van der Waals surface area contributed by atoms with Gasteiger partial charge in [0.25, 0.3) is 0 Å². The van der Waals surface area contributed by atoms with E-state index in [4.69, 9.17) is 11.5 Å². The molecule has 0 aliphatic heterocycles. The summed E-state index contributed by atoms with van der Waals surface area (Å²) in [6, 6.07) is -9.23. The van der Waals surface area contributed by atoms with E-state index in [1.807, 2.05) is 0 Å². The molecule has 6 amide bonds. The molecule has 0 aromatic carbocycles. The minimum absolute atomic E-state index is 0.0497. The number of aromatic nitrogens is 12. The van der Waals surface area contributed by atoms with Crippen LogP contribution in [-0.4, -0.2) is 155 Å². The van der Waals surface area contributed by atoms with Crippen molar-refractivity contribution >= 4 is 41.4 Å². The van der Waals surface area contributed by atoms with Gasteiger partial charge in [0.05, 0.1) is 44.0 Å². The standard InChI is InChI=1S/C42H56N20O8/c43-4-2-1-3-29(44)36(63)57-30(5-23-11-45-17-51-23)37(64)58-31(6-24-12-46-18-52-24)38(65)59-32(7-25-13-47-19-53-25)39(66)60-33(8-26-14-48-20-54-26)40(67)61-34(9-27-15-49-21-55-27)41(68)62-35(42(69)70)10-28-16-50-22-56-28/h11-22,29-35H,1-10,43-44H2,(H,45,51)(H,46,52)(H,47,53)(H,48,54)(H,49,55)(H,50,56)(H,57,63)(H,58,64)(H,59,65)(H,60,66)(H,61,67)(H,62,68)(H,69,70)/t29-,30-,31-,32-,33-,34-,35-/m0/s1. The maximum absolute atomic E-state index is 14.5. The highest BCUT2D eigenvalue weighted by Crippen LogP contribution is 2.10. The third kappa shape index (κ3) is 15.5. The molecule has 0 saturated carbocycles. The Kier molecular flexibility index (Phi) is 18.6. The van der Waals surface area contributed by atoms with Crippen LogP contribution in [0.1, 0.15) is 53.4 Å². The molecule has 0 aliphatic carbocycles. The van der Waals surface area contributed by atoms with E-state index in [1.165, 1.54) is 75.1 Å². The van der Waals surface area contributed by atoms with E-state index in [-0.39, 0.29) is 38.5 Å². The number of hydrogen-bond acceptors (Lipinski definition) is 15. The molecule has 6 heterocycles. The van der Waals surface area contributed by atoms with Crippen molar-refractivity contribution in [2.75, 3.05) is 6.54 Å². The summed E-state index contributed by atoms with van der Waals surface area (Å²) in [5.74, 6) is -6.10. The summed E-state index contributed by atoms with van der Waals surface area (Å²) in [6.07, 6.45) is 17.6. The van der Waals surface area contributed by atoms with Crippen molar-refractivity contribution in [3.05, 3.63) is 109 Å². The summed E-state index contributed by atoms with van der Waals surface area (Å²) in [7, 11) is 0. The van der Waals surface area contributed by atoms with Crippen LogP contribution in [0.25, 0.3) is 0 Å². The van der Waals surface area contributed by atoms with Crippen LogP contribution in [0.5, 0.6) is 0 Å². The van der Waals surface area contributed by atoms with Gasteiger partial charge in [-0.3, -0.25) is 28.8 Å². The Morgan fingerprint density at radius 1 is 0.414 bits per heavy atom. The minimum atomic E-state index is -1.43. The summed E-state index contributed by atoms with van der Waals surface area (Å²) < 4.78 is 0. The van der Waals surface area contributed by atoms with Crippen LogP contribution in [0.2, 0.25) is 0 Å². The highest BCUT2D eigenvalue weighted by molar-refractivity contribution is 5.97. The number of unbranched alkanes of at least 4 members (excludes halogenated alkanes) is 1. The maximum Gasteiger partial charge on any atom is 0.326 e. The molecule has 28 heteroatoms. The second-order valence-electron chi connectivity index (χ2n) is 16.3. The van der Waals surface area contributed by atoms with Gasteiger partial charge in [-0.25, -0.2) is 34.7 Å². The maximum atomic E-state index is 14.5. The number of imidazole rings is 6. The first-order chi connectivity index (χ1) is 33.8. The van der Waals surface area contributed by atoms with Crippen molar-refractivity contribution in [2.24, 2.45) is 11.5 Å². The number of aromatic amines is 6. The second kappa shape index (κ2) is 25.6. The van der Waals surface area contributed by atoms with Crippen LogP contribution in [0.4, 0.5) is 0 Å². The Bertz CT molecular complexity index is 2530. The molecule has 0 unspecified atom stereocenters. The van der Waals surface area contributed by atoms with Gasteiger partial charge in [-0.15, -0.1) is 0 Å². The van der Waals surface area contributed by atoms with Gasteiger partial charge < -0.3 is 78.4 Å². The van der Waals surface area contributed by atoms with Crippen molar-refractivity contribution in [1.82, 2.24) is 91.7 Å². The quantitative estimate of drug-likeness (QED) is 0.0201. The number of nitrogens with zero attached hydrogens (tertiary/aromatic N) is 6. The number of amides is 6. The summed E-state index contributed by atoms with van der Waals surface area (Å²) in [5.41, 5.74) is 14.4. The van der Waals surface area contributed by atoms with Crippen LogP contribution < -0.4 is 43.4 Å². The lowest BCUT2D eigenvalue weighted by atomic mass is 10.0. The molecule has 0 radical (unpaired) electrons. The second-order valence-corrected chi connectivity index (χ2v) is 16.3. The van der Waals surface area contributed by atoms with Crippen LogP contribution in [-0.2, 0) is 72.1 Å². The smallest absolute Gasteiger partial charge is 0.326 e. The number of H-pyrrole nitrogens is 6. The Morgan fingerprint density at radius 2 is 0.657 bits per heavy atom. The first kappa shape index (κ1) is 50.9. The van der Waals surface area contributed by atoms with Gasteiger partial charge in [-0.2, -0.15) is 0 Å². The largest absolute Gasteiger partial charge is 0.480 e. The van der Waals surface area contributed by atoms with Gasteiger partial charge in [0.1, 0.15) is 36.3 Å². The topological polar surface area (TPSA) is 436 Å². The van der Waals surface area contributed by atoms with Crippen molar-refractivity contribution in [2.45, 2.75) is 100 Å². The number of carbonyl (C=O) groups excluding carboxylic acids is 6. The molecule has 6 aromatic rings. The summed E-state index contributed by atoms with van der Waals surface area (Å²) >= 11 is 0. The van der Waals surface area contributed by atoms with Gasteiger partial charge in [0.2, 0.25) is 35.4 Å². The van der Waals surface area contributed by atoms with Crippen LogP contribution >= 0.6 is 0 Å². The molecule has 0 fully saturated rings. The molecule has 6 rings (SSSR count). The van der Waals surface area contributed by atoms with Gasteiger partial charge in [0, 0.05) is 110 Å². The number of rotatable bonds is 29. The third-order valence-electron chi connectivity index (χ3n) is 11.0. The fraction of sp³-hybridized carbons (Fsp3) is 0.405. The Balaban J connectivity index is 1.23. The summed E-state index contributed by atoms with van der Waals surface area (Å²) in [5, 5.41) is 25.9. The van der Waals surface area contributed by atoms with Crippen molar-refractivity contribution < 1.29 is 38.7 Å². The number of nitrogens with two attached hydrogens (primary N) is 2. The lowest BCUT2D eigenvalue weighted by molar-refractivity contribution is -0.142. The van der Waals surface area contributed by atoms with Crippen molar-refractivity contribution in [1.29, 1.82) is 0 Å². The molecule has 0 aliphatic rings. The molecular weight excluding hydrogens is 913 g/mol. The van der Waals surface area contributed by atoms with Crippen LogP contribution in [0.3, 0.4) is 0 Å². The predicted octanol–water partition coefficient (Wildman–Crippen LogP) is -3.77. The number of carboxylic acids is 1. The molecule has 6 aromatic heterocycles. The number of hydrogen-bond donors (Lipinski definition) is 15. The van der Waals surface area contributed by atoms with Gasteiger partial charge >= 0.3 is 5.97 Å². The first-order valence-electron chi connectivity index (χ1n) is 22.2. The number of carboxylic acid groups (broad SMARTS) is 1. The monoisotopic (exact) mass is 968 g/mol. The fourth-order valence-electron chi connectivity index (χ4n) is 7.22. The van der Waals surface area contributed by atoms with Gasteiger partial charge in [-0.05, 0) is 19.4 Å². The van der Waals surface area contributed by atoms with Gasteiger partial charge in [-0.1, -0.05) is 6.42 Å². The van der Waals surface area contributed by atoms with Gasteiger partial charge in [0.15, 0.2) is 0 Å². The normalized spacial score (nSPS) is 14.2. The molecule has 28 nitrogen and oxygen atoms in total. The van der Waals surface area contributed by atoms with E-state index in [1.54, 1.807) is 0 Å². The molecular formula is C42H56N20O8. The van der Waals surface area contributed by atoms with Crippen LogP contribution in [0, 0.1) is 0 Å². The zero-order chi connectivity index (χ0) is 49.8. The third-order valence-corrected chi connectivity index (χ3v) is 11.0. The molecule has 0 bridgehead atoms. The number of nitrogens with one attached hydrogen (secondary N) is 12. The summed E-state index contributed by atoms with van der Waals surface area (Å²) in [4.78, 5) is 138. The zero-order valence-electron chi connectivity index (χ0n) is 37.7. The lowest BCUT2D eigenvalue weighted by Gasteiger charge is -2.27. The van der Waals surface area contributed by atoms with E-state index < -0.39 is 83.7 Å². The van der Waals surface area contributed by atoms with Crippen molar-refractivity contribution in [3.63, 3.8) is 0 Å². The zero-order valence-corrected chi connectivity index (χ0v) is 37.7. The molecule has 0 spiro atoms. The van der Waals surface area contributed by atoms with E-state index in [9.17, 15) is 38.7 Å². The molecule has 7 atom stereocenters. The van der Waals surface area contributed by atoms with E-state index in [0.29, 0.717) is 60.0 Å². The van der Waals surface area contributed by atoms with Crippen molar-refractivity contribution in [3.8, 4) is 0 Å². The predicted molar refractivity (Wildman–Crippen MR) is 244 cm³/mol. The Labute approximate surface area is 398 Å². The molecule has 70 heavy (non-hydrogen) atoms. The average molecular weight is 969 g/mol. The number of aliphatic carboxylic acids is 1. The first-order valence-corrected chi connectivity index (χ1v) is 22.2. The fourth-order valence-corrected chi connectivity index (χ4v) is 7.22. The highest BCUT2D eigenvalue weighted by atomic mass is 16.4. The van der Waals surface area contributed by atoms with Crippen LogP contribution in [0.15, 0.2) is 75.1 Å². The molecule has 17 N–H and O–H groups in total. The number of carbonyl (C=O) groups is 7. The Morgan fingerprint density at radius 3 is 0.886 bits per heavy atom. The van der Waals surface area contributed by atoms with E-state index in [0.717, 1.165) is 0 Å². The Hall–Kier alpha value is -8.53. The molecule has 372 valence electrons.